The topological polar surface area (TPSA) is 70.8 Å². The highest BCUT2D eigenvalue weighted by Crippen LogP contribution is 2.23. The summed E-state index contributed by atoms with van der Waals surface area (Å²) in [6.07, 6.45) is 2.93. The van der Waals surface area contributed by atoms with E-state index < -0.39 is 0 Å². The van der Waals surface area contributed by atoms with E-state index in [1.807, 2.05) is 13.8 Å². The van der Waals surface area contributed by atoms with Gasteiger partial charge in [0.25, 0.3) is 0 Å². The number of nitrogens with one attached hydrogen (secondary N) is 1. The average Bonchev–Trinajstić information content (AvgIpc) is 2.89. The summed E-state index contributed by atoms with van der Waals surface area (Å²) in [5.74, 6) is 1.08. The lowest BCUT2D eigenvalue weighted by Crippen LogP contribution is -2.22. The van der Waals surface area contributed by atoms with Gasteiger partial charge in [-0.3, -0.25) is 0 Å². The summed E-state index contributed by atoms with van der Waals surface area (Å²) in [6.45, 7) is 7.77. The third-order valence-electron chi connectivity index (χ3n) is 4.02. The summed E-state index contributed by atoms with van der Waals surface area (Å²) in [6, 6.07) is 2.28. The first-order valence-corrected chi connectivity index (χ1v) is 7.35. The summed E-state index contributed by atoms with van der Waals surface area (Å²) in [4.78, 5) is 0. The van der Waals surface area contributed by atoms with E-state index in [1.165, 1.54) is 0 Å². The second-order valence-electron chi connectivity index (χ2n) is 5.17. The van der Waals surface area contributed by atoms with E-state index in [9.17, 15) is 5.26 Å². The van der Waals surface area contributed by atoms with Crippen molar-refractivity contribution in [3.05, 3.63) is 16.8 Å². The number of anilines is 1. The van der Waals surface area contributed by atoms with Crippen LogP contribution in [0.5, 0.6) is 0 Å². The van der Waals surface area contributed by atoms with E-state index in [-0.39, 0.29) is 6.10 Å². The van der Waals surface area contributed by atoms with Gasteiger partial charge in [0.1, 0.15) is 11.6 Å². The van der Waals surface area contributed by atoms with E-state index in [0.29, 0.717) is 17.3 Å². The molecule has 1 saturated heterocycles. The third-order valence-corrected chi connectivity index (χ3v) is 4.02. The van der Waals surface area contributed by atoms with Crippen molar-refractivity contribution in [1.29, 1.82) is 5.26 Å². The van der Waals surface area contributed by atoms with Gasteiger partial charge in [-0.05, 0) is 31.7 Å². The van der Waals surface area contributed by atoms with Gasteiger partial charge in [-0.25, -0.2) is 0 Å². The number of hydrogen-bond acceptors (Lipinski definition) is 5. The zero-order valence-corrected chi connectivity index (χ0v) is 12.4. The van der Waals surface area contributed by atoms with Gasteiger partial charge in [-0.15, -0.1) is 5.10 Å². The van der Waals surface area contributed by atoms with Crippen LogP contribution in [0, 0.1) is 17.2 Å². The number of aryl methyl sites for hydroxylation is 1. The van der Waals surface area contributed by atoms with Gasteiger partial charge in [0.15, 0.2) is 5.82 Å². The Morgan fingerprint density at radius 1 is 1.35 bits per heavy atom. The summed E-state index contributed by atoms with van der Waals surface area (Å²) in [5, 5.41) is 21.1. The fourth-order valence-electron chi connectivity index (χ4n) is 2.69. The molecule has 2 atom stereocenters. The van der Waals surface area contributed by atoms with Gasteiger partial charge in [0.05, 0.1) is 11.8 Å². The highest BCUT2D eigenvalue weighted by Gasteiger charge is 2.24. The van der Waals surface area contributed by atoms with Crippen LogP contribution in [0.3, 0.4) is 0 Å². The highest BCUT2D eigenvalue weighted by molar-refractivity contribution is 5.56. The summed E-state index contributed by atoms with van der Waals surface area (Å²) in [5.41, 5.74) is 2.58. The maximum Gasteiger partial charge on any atom is 0.166 e. The first kappa shape index (κ1) is 14.7. The zero-order valence-electron chi connectivity index (χ0n) is 12.4. The minimum absolute atomic E-state index is 0.265. The Morgan fingerprint density at radius 3 is 2.70 bits per heavy atom. The minimum atomic E-state index is 0.265. The Labute approximate surface area is 120 Å². The Kier molecular flexibility index (Phi) is 4.91. The molecule has 0 spiro atoms. The highest BCUT2D eigenvalue weighted by atomic mass is 16.5. The van der Waals surface area contributed by atoms with Crippen LogP contribution in [-0.2, 0) is 17.6 Å². The van der Waals surface area contributed by atoms with E-state index in [0.717, 1.165) is 43.7 Å². The molecule has 1 N–H and O–H groups in total. The van der Waals surface area contributed by atoms with Crippen molar-refractivity contribution in [2.75, 3.05) is 18.5 Å². The molecule has 1 aromatic heterocycles. The molecule has 5 heteroatoms. The quantitative estimate of drug-likeness (QED) is 0.892. The van der Waals surface area contributed by atoms with Crippen LogP contribution in [0.25, 0.3) is 0 Å². The first-order chi connectivity index (χ1) is 9.71. The number of ether oxygens (including phenoxy) is 1. The molecule has 1 aromatic rings. The van der Waals surface area contributed by atoms with Crippen molar-refractivity contribution >= 4 is 5.82 Å². The molecule has 0 saturated carbocycles. The van der Waals surface area contributed by atoms with E-state index in [2.05, 4.69) is 28.5 Å². The monoisotopic (exact) mass is 274 g/mol. The fourth-order valence-corrected chi connectivity index (χ4v) is 2.69. The SMILES string of the molecule is CCc1nnc(NCC2CCOC2C)c(C#N)c1CC. The molecule has 1 aliphatic rings. The lowest BCUT2D eigenvalue weighted by molar-refractivity contribution is 0.108. The van der Waals surface area contributed by atoms with Crippen LogP contribution in [-0.4, -0.2) is 29.5 Å². The zero-order chi connectivity index (χ0) is 14.5. The minimum Gasteiger partial charge on any atom is -0.378 e. The van der Waals surface area contributed by atoms with Crippen LogP contribution >= 0.6 is 0 Å². The van der Waals surface area contributed by atoms with Crippen molar-refractivity contribution < 1.29 is 4.74 Å². The number of hydrogen-bond donors (Lipinski definition) is 1. The van der Waals surface area contributed by atoms with Gasteiger partial charge < -0.3 is 10.1 Å². The molecule has 0 radical (unpaired) electrons. The Balaban J connectivity index is 2.17. The van der Waals surface area contributed by atoms with Crippen LogP contribution in [0.1, 0.15) is 44.0 Å². The Morgan fingerprint density at radius 2 is 2.15 bits per heavy atom. The molecule has 2 unspecified atom stereocenters. The molecule has 20 heavy (non-hydrogen) atoms. The van der Waals surface area contributed by atoms with Crippen molar-refractivity contribution in [2.45, 2.75) is 46.1 Å². The summed E-state index contributed by atoms with van der Waals surface area (Å²) >= 11 is 0. The molecule has 2 rings (SSSR count). The maximum absolute atomic E-state index is 9.41. The average molecular weight is 274 g/mol. The smallest absolute Gasteiger partial charge is 0.166 e. The predicted molar refractivity (Wildman–Crippen MR) is 77.5 cm³/mol. The number of nitriles is 1. The molecule has 0 aromatic carbocycles. The molecular formula is C15H22N4O. The molecule has 1 aliphatic heterocycles. The summed E-state index contributed by atoms with van der Waals surface area (Å²) in [7, 11) is 0. The van der Waals surface area contributed by atoms with Crippen LogP contribution in [0.15, 0.2) is 0 Å². The fraction of sp³-hybridized carbons (Fsp3) is 0.667. The van der Waals surface area contributed by atoms with E-state index in [4.69, 9.17) is 4.74 Å². The van der Waals surface area contributed by atoms with Crippen molar-refractivity contribution in [1.82, 2.24) is 10.2 Å². The van der Waals surface area contributed by atoms with Crippen molar-refractivity contribution in [3.63, 3.8) is 0 Å². The second-order valence-corrected chi connectivity index (χ2v) is 5.17. The normalized spacial score (nSPS) is 21.7. The lowest BCUT2D eigenvalue weighted by atomic mass is 10.0. The van der Waals surface area contributed by atoms with Gasteiger partial charge >= 0.3 is 0 Å². The Hall–Kier alpha value is -1.67. The van der Waals surface area contributed by atoms with Crippen LogP contribution in [0.2, 0.25) is 0 Å². The largest absolute Gasteiger partial charge is 0.378 e. The number of rotatable bonds is 5. The van der Waals surface area contributed by atoms with Crippen LogP contribution < -0.4 is 5.32 Å². The lowest BCUT2D eigenvalue weighted by Gasteiger charge is -2.16. The third kappa shape index (κ3) is 2.91. The van der Waals surface area contributed by atoms with Crippen LogP contribution in [0.4, 0.5) is 5.82 Å². The maximum atomic E-state index is 9.41. The molecule has 0 aliphatic carbocycles. The first-order valence-electron chi connectivity index (χ1n) is 7.35. The van der Waals surface area contributed by atoms with Crippen molar-refractivity contribution in [3.8, 4) is 6.07 Å². The van der Waals surface area contributed by atoms with Gasteiger partial charge in [0.2, 0.25) is 0 Å². The van der Waals surface area contributed by atoms with Crippen molar-refractivity contribution in [2.24, 2.45) is 5.92 Å². The van der Waals surface area contributed by atoms with Gasteiger partial charge in [-0.1, -0.05) is 13.8 Å². The van der Waals surface area contributed by atoms with Gasteiger partial charge in [0, 0.05) is 19.1 Å². The number of aromatic nitrogens is 2. The molecule has 2 heterocycles. The predicted octanol–water partition coefficient (Wildman–Crippen LogP) is 2.31. The molecule has 108 valence electrons. The second kappa shape index (κ2) is 6.67. The summed E-state index contributed by atoms with van der Waals surface area (Å²) < 4.78 is 5.55. The molecule has 1 fully saturated rings. The van der Waals surface area contributed by atoms with Gasteiger partial charge in [-0.2, -0.15) is 10.4 Å². The Bertz CT molecular complexity index is 509. The van der Waals surface area contributed by atoms with E-state index in [1.54, 1.807) is 0 Å². The molecule has 0 amide bonds. The standard InChI is InChI=1S/C15H22N4O/c1-4-12-13(8-16)15(19-18-14(12)5-2)17-9-11-6-7-20-10(11)3/h10-11H,4-7,9H2,1-3H3,(H,17,19). The number of nitrogens with zero attached hydrogens (tertiary/aromatic N) is 3. The molecule has 0 bridgehead atoms. The molecule has 5 nitrogen and oxygen atoms in total. The van der Waals surface area contributed by atoms with E-state index >= 15 is 0 Å². The molecular weight excluding hydrogens is 252 g/mol.